The summed E-state index contributed by atoms with van der Waals surface area (Å²) in [5.74, 6) is -0.802. The molecule has 34 heavy (non-hydrogen) atoms. The number of carbonyl (C=O) groups is 2. The molecule has 0 radical (unpaired) electrons. The summed E-state index contributed by atoms with van der Waals surface area (Å²) in [6, 6.07) is 6.00. The molecule has 1 saturated heterocycles. The van der Waals surface area contributed by atoms with E-state index in [-0.39, 0.29) is 17.4 Å². The van der Waals surface area contributed by atoms with E-state index in [1.807, 2.05) is 0 Å². The van der Waals surface area contributed by atoms with Crippen molar-refractivity contribution in [2.45, 2.75) is 51.0 Å². The van der Waals surface area contributed by atoms with Gasteiger partial charge in [-0.25, -0.2) is 13.2 Å². The molecule has 0 spiro atoms. The number of piperidine rings is 1. The van der Waals surface area contributed by atoms with E-state index in [0.717, 1.165) is 55.8 Å². The SMILES string of the molecule is CCOC(=O)c1c(NC(=O)c2ccc(S(=O)(=O)N3CCCCC3)cc2)sc2c1CC[NH+](CC)C2. The molecule has 184 valence electrons. The Kier molecular flexibility index (Phi) is 7.71. The van der Waals surface area contributed by atoms with Gasteiger partial charge in [-0.3, -0.25) is 4.79 Å². The van der Waals surface area contributed by atoms with Crippen LogP contribution >= 0.6 is 11.3 Å². The molecule has 1 aromatic heterocycles. The Bertz CT molecular complexity index is 1150. The molecule has 0 bridgehead atoms. The number of anilines is 1. The number of likely N-dealkylation sites (N-methyl/N-ethyl adjacent to an activating group) is 1. The number of carbonyl (C=O) groups excluding carboxylic acids is 2. The number of nitrogens with one attached hydrogen (secondary N) is 2. The summed E-state index contributed by atoms with van der Waals surface area (Å²) < 4.78 is 32.5. The van der Waals surface area contributed by atoms with E-state index < -0.39 is 16.0 Å². The van der Waals surface area contributed by atoms with Gasteiger partial charge < -0.3 is 15.0 Å². The molecule has 3 heterocycles. The van der Waals surface area contributed by atoms with Gasteiger partial charge in [-0.1, -0.05) is 6.42 Å². The monoisotopic (exact) mass is 506 g/mol. The number of hydrogen-bond acceptors (Lipinski definition) is 6. The van der Waals surface area contributed by atoms with E-state index in [1.54, 1.807) is 6.92 Å². The number of esters is 1. The first-order chi connectivity index (χ1) is 16.3. The topological polar surface area (TPSA) is 97.2 Å². The van der Waals surface area contributed by atoms with Crippen LogP contribution in [0.25, 0.3) is 0 Å². The number of sulfonamides is 1. The highest BCUT2D eigenvalue weighted by atomic mass is 32.2. The van der Waals surface area contributed by atoms with E-state index in [4.69, 9.17) is 4.74 Å². The molecule has 0 saturated carbocycles. The van der Waals surface area contributed by atoms with Gasteiger partial charge in [0.1, 0.15) is 11.5 Å². The van der Waals surface area contributed by atoms with Gasteiger partial charge in [0.2, 0.25) is 10.0 Å². The van der Waals surface area contributed by atoms with Crippen LogP contribution in [0.1, 0.15) is 64.3 Å². The highest BCUT2D eigenvalue weighted by molar-refractivity contribution is 7.89. The van der Waals surface area contributed by atoms with Crippen molar-refractivity contribution >= 4 is 38.2 Å². The van der Waals surface area contributed by atoms with Gasteiger partial charge in [-0.05, 0) is 56.5 Å². The number of amides is 1. The first-order valence-electron chi connectivity index (χ1n) is 11.9. The van der Waals surface area contributed by atoms with Gasteiger partial charge >= 0.3 is 5.97 Å². The summed E-state index contributed by atoms with van der Waals surface area (Å²) in [7, 11) is -3.56. The van der Waals surface area contributed by atoms with Crippen molar-refractivity contribution < 1.29 is 27.6 Å². The average molecular weight is 507 g/mol. The summed E-state index contributed by atoms with van der Waals surface area (Å²) in [4.78, 5) is 28.5. The Morgan fingerprint density at radius 1 is 1.12 bits per heavy atom. The highest BCUT2D eigenvalue weighted by Gasteiger charge is 2.31. The fourth-order valence-electron chi connectivity index (χ4n) is 4.55. The quantitative estimate of drug-likeness (QED) is 0.562. The second-order valence-corrected chi connectivity index (χ2v) is 11.7. The number of rotatable bonds is 7. The van der Waals surface area contributed by atoms with E-state index in [0.29, 0.717) is 29.2 Å². The van der Waals surface area contributed by atoms with Crippen molar-refractivity contribution in [2.24, 2.45) is 0 Å². The minimum absolute atomic E-state index is 0.187. The van der Waals surface area contributed by atoms with Crippen molar-refractivity contribution in [3.05, 3.63) is 45.8 Å². The number of thiophene rings is 1. The number of ether oxygens (including phenoxy) is 1. The maximum Gasteiger partial charge on any atom is 0.341 e. The van der Waals surface area contributed by atoms with Crippen LogP contribution in [0.3, 0.4) is 0 Å². The summed E-state index contributed by atoms with van der Waals surface area (Å²) >= 11 is 1.43. The first-order valence-corrected chi connectivity index (χ1v) is 14.2. The van der Waals surface area contributed by atoms with E-state index in [2.05, 4.69) is 12.2 Å². The van der Waals surface area contributed by atoms with Crippen LogP contribution in [-0.2, 0) is 27.7 Å². The Labute approximate surface area is 204 Å². The molecule has 2 aliphatic rings. The minimum atomic E-state index is -3.56. The second kappa shape index (κ2) is 10.6. The third-order valence-electron chi connectivity index (χ3n) is 6.51. The fraction of sp³-hybridized carbons (Fsp3) is 0.500. The van der Waals surface area contributed by atoms with Crippen molar-refractivity contribution in [3.63, 3.8) is 0 Å². The number of hydrogen-bond donors (Lipinski definition) is 2. The Hall–Kier alpha value is -2.27. The molecule has 1 amide bonds. The molecular formula is C24H32N3O5S2+. The van der Waals surface area contributed by atoms with Crippen molar-refractivity contribution in [1.82, 2.24) is 4.31 Å². The van der Waals surface area contributed by atoms with Gasteiger partial charge in [-0.15, -0.1) is 11.3 Å². The first kappa shape index (κ1) is 24.8. The van der Waals surface area contributed by atoms with Crippen molar-refractivity contribution in [1.29, 1.82) is 0 Å². The maximum atomic E-state index is 13.0. The average Bonchev–Trinajstić information content (AvgIpc) is 3.21. The van der Waals surface area contributed by atoms with E-state index >= 15 is 0 Å². The number of nitrogens with zero attached hydrogens (tertiary/aromatic N) is 1. The summed E-state index contributed by atoms with van der Waals surface area (Å²) in [5.41, 5.74) is 1.76. The normalized spacial score (nSPS) is 18.8. The lowest BCUT2D eigenvalue weighted by Crippen LogP contribution is -3.11. The predicted octanol–water partition coefficient (Wildman–Crippen LogP) is 2.31. The largest absolute Gasteiger partial charge is 0.462 e. The smallest absolute Gasteiger partial charge is 0.341 e. The predicted molar refractivity (Wildman–Crippen MR) is 131 cm³/mol. The Balaban J connectivity index is 1.55. The minimum Gasteiger partial charge on any atom is -0.462 e. The fourth-order valence-corrected chi connectivity index (χ4v) is 7.37. The highest BCUT2D eigenvalue weighted by Crippen LogP contribution is 2.35. The molecular weight excluding hydrogens is 474 g/mol. The van der Waals surface area contributed by atoms with Crippen LogP contribution in [0.4, 0.5) is 5.00 Å². The third-order valence-corrected chi connectivity index (χ3v) is 9.57. The van der Waals surface area contributed by atoms with Gasteiger partial charge in [0.15, 0.2) is 0 Å². The number of fused-ring (bicyclic) bond motifs is 1. The van der Waals surface area contributed by atoms with Gasteiger partial charge in [0.25, 0.3) is 5.91 Å². The molecule has 1 atom stereocenters. The molecule has 8 nitrogen and oxygen atoms in total. The van der Waals surface area contributed by atoms with Crippen LogP contribution in [0, 0.1) is 0 Å². The van der Waals surface area contributed by atoms with E-state index in [1.165, 1.54) is 44.8 Å². The lowest BCUT2D eigenvalue weighted by Gasteiger charge is -2.25. The molecule has 2 N–H and O–H groups in total. The lowest BCUT2D eigenvalue weighted by molar-refractivity contribution is -0.913. The molecule has 10 heteroatoms. The molecule has 2 aliphatic heterocycles. The Morgan fingerprint density at radius 3 is 2.47 bits per heavy atom. The van der Waals surface area contributed by atoms with Crippen LogP contribution in [0.2, 0.25) is 0 Å². The lowest BCUT2D eigenvalue weighted by atomic mass is 10.0. The summed E-state index contributed by atoms with van der Waals surface area (Å²) in [6.07, 6.45) is 3.54. The molecule has 2 aromatic rings. The summed E-state index contributed by atoms with van der Waals surface area (Å²) in [5, 5.41) is 3.38. The standard InChI is InChI=1S/C24H31N3O5S2/c1-3-26-15-12-19-20(16-26)33-23(21(19)24(29)32-4-2)25-22(28)17-8-10-18(11-9-17)34(30,31)27-13-6-5-7-14-27/h8-11H,3-7,12-16H2,1-2H3,(H,25,28)/p+1. The number of quaternary nitrogens is 1. The Morgan fingerprint density at radius 2 is 1.82 bits per heavy atom. The summed E-state index contributed by atoms with van der Waals surface area (Å²) in [6.45, 7) is 7.98. The number of benzene rings is 1. The zero-order valence-corrected chi connectivity index (χ0v) is 21.3. The van der Waals surface area contributed by atoms with Crippen LogP contribution < -0.4 is 10.2 Å². The molecule has 4 rings (SSSR count). The molecule has 1 unspecified atom stereocenters. The van der Waals surface area contributed by atoms with Crippen LogP contribution in [0.15, 0.2) is 29.2 Å². The van der Waals surface area contributed by atoms with E-state index in [9.17, 15) is 18.0 Å². The van der Waals surface area contributed by atoms with Crippen LogP contribution in [0.5, 0.6) is 0 Å². The maximum absolute atomic E-state index is 13.0. The molecule has 1 fully saturated rings. The zero-order chi connectivity index (χ0) is 24.3. The zero-order valence-electron chi connectivity index (χ0n) is 19.7. The second-order valence-electron chi connectivity index (χ2n) is 8.65. The van der Waals surface area contributed by atoms with Crippen molar-refractivity contribution in [3.8, 4) is 0 Å². The third kappa shape index (κ3) is 5.05. The molecule has 0 aliphatic carbocycles. The van der Waals surface area contributed by atoms with Gasteiger partial charge in [0.05, 0.1) is 35.0 Å². The van der Waals surface area contributed by atoms with Crippen LogP contribution in [-0.4, -0.2) is 57.4 Å². The van der Waals surface area contributed by atoms with Crippen molar-refractivity contribution in [2.75, 3.05) is 38.1 Å². The van der Waals surface area contributed by atoms with Gasteiger partial charge in [-0.2, -0.15) is 4.31 Å². The van der Waals surface area contributed by atoms with Gasteiger partial charge in [0, 0.05) is 25.1 Å². The molecule has 1 aromatic carbocycles.